The Hall–Kier alpha value is -1.10. The van der Waals surface area contributed by atoms with E-state index in [9.17, 15) is 23.1 Å². The zero-order valence-corrected chi connectivity index (χ0v) is 38.0. The summed E-state index contributed by atoms with van der Waals surface area (Å²) in [6.45, 7) is 25.7. The van der Waals surface area contributed by atoms with Gasteiger partial charge in [0.15, 0.2) is 9.84 Å². The number of hydrogen-bond donors (Lipinski definition) is 2. The third-order valence-electron chi connectivity index (χ3n) is 19.4. The summed E-state index contributed by atoms with van der Waals surface area (Å²) in [6, 6.07) is 0.355. The molecule has 6 aliphatic carbocycles. The van der Waals surface area contributed by atoms with Crippen molar-refractivity contribution < 1.29 is 27.9 Å². The molecule has 7 fully saturated rings. The van der Waals surface area contributed by atoms with Gasteiger partial charge in [0, 0.05) is 36.6 Å². The molecule has 1 heterocycles. The zero-order chi connectivity index (χ0) is 40.9. The highest BCUT2D eigenvalue weighted by molar-refractivity contribution is 7.98. The summed E-state index contributed by atoms with van der Waals surface area (Å²) >= 11 is 1.89. The molecule has 0 aromatic heterocycles. The molecule has 0 spiro atoms. The third kappa shape index (κ3) is 6.69. The van der Waals surface area contributed by atoms with Crippen LogP contribution in [0.3, 0.4) is 0 Å². The fourth-order valence-electron chi connectivity index (χ4n) is 15.7. The van der Waals surface area contributed by atoms with Crippen molar-refractivity contribution in [3.05, 3.63) is 12.2 Å². The number of fused-ring (bicyclic) bond motifs is 7. The van der Waals surface area contributed by atoms with Gasteiger partial charge in [-0.25, -0.2) is 8.42 Å². The highest BCUT2D eigenvalue weighted by Gasteiger charge is 2.71. The van der Waals surface area contributed by atoms with Crippen LogP contribution in [0.25, 0.3) is 0 Å². The summed E-state index contributed by atoms with van der Waals surface area (Å²) in [7, 11) is -2.92. The number of nitrogens with zero attached hydrogens (tertiary/aromatic N) is 1. The fourth-order valence-corrected chi connectivity index (χ4v) is 17.4. The largest absolute Gasteiger partial charge is 0.481 e. The second-order valence-corrected chi connectivity index (χ2v) is 25.4. The van der Waals surface area contributed by atoms with Gasteiger partial charge in [0.05, 0.1) is 23.3 Å². The Morgan fingerprint density at radius 3 is 2.20 bits per heavy atom. The van der Waals surface area contributed by atoms with Gasteiger partial charge in [0.2, 0.25) is 0 Å². The van der Waals surface area contributed by atoms with Crippen molar-refractivity contribution in [2.75, 3.05) is 43.1 Å². The van der Waals surface area contributed by atoms with Gasteiger partial charge >= 0.3 is 11.9 Å². The van der Waals surface area contributed by atoms with Crippen molar-refractivity contribution in [3.8, 4) is 0 Å². The van der Waals surface area contributed by atoms with Gasteiger partial charge in [-0.1, -0.05) is 60.6 Å². The van der Waals surface area contributed by atoms with Crippen LogP contribution in [-0.4, -0.2) is 91.2 Å². The number of rotatable bonds is 11. The number of thioether (sulfide) groups is 1. The molecule has 0 aromatic rings. The maximum Gasteiger partial charge on any atom is 0.309 e. The Labute approximate surface area is 344 Å². The van der Waals surface area contributed by atoms with E-state index < -0.39 is 27.1 Å². The Morgan fingerprint density at radius 2 is 1.57 bits per heavy atom. The van der Waals surface area contributed by atoms with Crippen LogP contribution in [0.15, 0.2) is 12.2 Å². The number of esters is 1. The van der Waals surface area contributed by atoms with Crippen LogP contribution in [0, 0.1) is 68.5 Å². The van der Waals surface area contributed by atoms with E-state index in [4.69, 9.17) is 4.74 Å². The van der Waals surface area contributed by atoms with Crippen LogP contribution in [0.4, 0.5) is 0 Å². The van der Waals surface area contributed by atoms with Crippen molar-refractivity contribution in [1.29, 1.82) is 0 Å². The van der Waals surface area contributed by atoms with Crippen molar-refractivity contribution in [3.63, 3.8) is 0 Å². The van der Waals surface area contributed by atoms with Gasteiger partial charge in [-0.15, -0.1) is 0 Å². The standard InChI is InChI=1S/C46H76N2O6S2/c1-29(2)31-13-19-46(47-28-30(16-24-55-10)48-22-25-56(52,53)26-23-48)21-20-44(8)32(38(31)46)11-12-36-43(7)17-15-37(42(5,6)35(43)14-18-45(36,44)9)54-40(51)34-27-33(39(49)50)41(34,3)4/h30-38,47H,1,11-28H2,2-10H3,(H,49,50)/t30-,31-,32+,33-,34+,35-,36+,37-,38+,43-,44+,45+,46-/m0/s1. The molecule has 2 N–H and O–H groups in total. The second kappa shape index (κ2) is 14.8. The average Bonchev–Trinajstić information content (AvgIpc) is 3.50. The number of aliphatic carboxylic acids is 1. The number of carboxylic acid groups (broad SMARTS) is 1. The number of carbonyl (C=O) groups is 2. The van der Waals surface area contributed by atoms with Gasteiger partial charge in [-0.2, -0.15) is 11.8 Å². The van der Waals surface area contributed by atoms with Crippen LogP contribution >= 0.6 is 11.8 Å². The predicted octanol–water partition coefficient (Wildman–Crippen LogP) is 8.50. The van der Waals surface area contributed by atoms with E-state index in [-0.39, 0.29) is 56.7 Å². The first-order chi connectivity index (χ1) is 26.1. The maximum atomic E-state index is 13.7. The van der Waals surface area contributed by atoms with Crippen LogP contribution in [0.2, 0.25) is 0 Å². The lowest BCUT2D eigenvalue weighted by Crippen LogP contribution is -2.69. The molecule has 56 heavy (non-hydrogen) atoms. The topological polar surface area (TPSA) is 113 Å². The molecule has 13 atom stereocenters. The Kier molecular flexibility index (Phi) is 11.4. The predicted molar refractivity (Wildman–Crippen MR) is 227 cm³/mol. The molecule has 0 bridgehead atoms. The number of sulfone groups is 1. The molecule has 1 saturated heterocycles. The molecule has 7 rings (SSSR count). The lowest BCUT2D eigenvalue weighted by atomic mass is 9.32. The number of carbonyl (C=O) groups excluding carboxylic acids is 1. The summed E-state index contributed by atoms with van der Waals surface area (Å²) in [6.07, 6.45) is 15.2. The lowest BCUT2D eigenvalue weighted by molar-refractivity contribution is -0.248. The summed E-state index contributed by atoms with van der Waals surface area (Å²) in [4.78, 5) is 27.9. The summed E-state index contributed by atoms with van der Waals surface area (Å²) in [5, 5.41) is 14.0. The molecule has 10 heteroatoms. The van der Waals surface area contributed by atoms with Crippen LogP contribution in [-0.2, 0) is 24.2 Å². The third-order valence-corrected chi connectivity index (χ3v) is 21.6. The monoisotopic (exact) mass is 817 g/mol. The van der Waals surface area contributed by atoms with E-state index in [0.29, 0.717) is 55.1 Å². The minimum absolute atomic E-state index is 0.0982. The molecular formula is C46H76N2O6S2. The van der Waals surface area contributed by atoms with Crippen molar-refractivity contribution in [2.45, 2.75) is 150 Å². The molecule has 1 aliphatic heterocycles. The molecule has 0 unspecified atom stereocenters. The van der Waals surface area contributed by atoms with Crippen molar-refractivity contribution in [2.24, 2.45) is 68.5 Å². The molecule has 318 valence electrons. The number of allylic oxidation sites excluding steroid dienone is 1. The first kappa shape index (κ1) is 43.0. The van der Waals surface area contributed by atoms with Gasteiger partial charge in [0.25, 0.3) is 0 Å². The molecule has 8 nitrogen and oxygen atoms in total. The number of ether oxygens (including phenoxy) is 1. The van der Waals surface area contributed by atoms with E-state index in [1.165, 1.54) is 50.5 Å². The van der Waals surface area contributed by atoms with Crippen LogP contribution in [0.5, 0.6) is 0 Å². The molecular weight excluding hydrogens is 741 g/mol. The van der Waals surface area contributed by atoms with Gasteiger partial charge < -0.3 is 15.2 Å². The quantitative estimate of drug-likeness (QED) is 0.157. The van der Waals surface area contributed by atoms with Crippen molar-refractivity contribution in [1.82, 2.24) is 10.2 Å². The van der Waals surface area contributed by atoms with Gasteiger partial charge in [-0.05, 0) is 147 Å². The summed E-state index contributed by atoms with van der Waals surface area (Å²) in [5.74, 6) is 2.61. The van der Waals surface area contributed by atoms with E-state index >= 15 is 0 Å². The van der Waals surface area contributed by atoms with Crippen molar-refractivity contribution >= 4 is 33.5 Å². The summed E-state index contributed by atoms with van der Waals surface area (Å²) in [5.41, 5.74) is 1.32. The second-order valence-electron chi connectivity index (χ2n) is 22.1. The molecule has 0 radical (unpaired) electrons. The molecule has 7 aliphatic rings. The molecule has 6 saturated carbocycles. The smallest absolute Gasteiger partial charge is 0.309 e. The maximum absolute atomic E-state index is 13.7. The minimum atomic E-state index is -2.92. The van der Waals surface area contributed by atoms with Crippen LogP contribution < -0.4 is 5.32 Å². The molecule has 0 amide bonds. The number of nitrogens with one attached hydrogen (secondary N) is 1. The Balaban J connectivity index is 1.10. The first-order valence-corrected chi connectivity index (χ1v) is 25.6. The Bertz CT molecular complexity index is 1650. The highest BCUT2D eigenvalue weighted by Crippen LogP contribution is 2.76. The van der Waals surface area contributed by atoms with E-state index in [1.54, 1.807) is 0 Å². The van der Waals surface area contributed by atoms with Crippen LogP contribution in [0.1, 0.15) is 132 Å². The lowest BCUT2D eigenvalue weighted by Gasteiger charge is -2.73. The zero-order valence-electron chi connectivity index (χ0n) is 36.4. The van der Waals surface area contributed by atoms with E-state index in [2.05, 4.69) is 64.6 Å². The molecule has 0 aromatic carbocycles. The average molecular weight is 817 g/mol. The van der Waals surface area contributed by atoms with Gasteiger partial charge in [0.1, 0.15) is 6.10 Å². The summed E-state index contributed by atoms with van der Waals surface area (Å²) < 4.78 is 31.2. The fraction of sp³-hybridized carbons (Fsp3) is 0.913. The SMILES string of the molecule is C=C(C)[C@@H]1CC[C@]2(NC[C@H](CCSC)N3CCS(=O)(=O)CC3)CC[C@]3(C)[C@H](CC[C@@H]4[C@@]5(C)CC[C@H](OC(=O)[C@H]6C[C@@H](C(=O)O)C6(C)C)C(C)(C)[C@@H]5CC[C@]43C)[C@@H]12. The first-order valence-electron chi connectivity index (χ1n) is 22.3. The van der Waals surface area contributed by atoms with E-state index in [0.717, 1.165) is 38.0 Å². The number of hydrogen-bond acceptors (Lipinski definition) is 8. The normalized spacial score (nSPS) is 45.5. The highest BCUT2D eigenvalue weighted by atomic mass is 32.2. The Morgan fingerprint density at radius 1 is 0.875 bits per heavy atom. The number of carboxylic acids is 1. The van der Waals surface area contributed by atoms with E-state index in [1.807, 2.05) is 25.6 Å². The minimum Gasteiger partial charge on any atom is -0.481 e. The van der Waals surface area contributed by atoms with Gasteiger partial charge in [-0.3, -0.25) is 14.5 Å².